The van der Waals surface area contributed by atoms with Crippen LogP contribution in [0.3, 0.4) is 0 Å². The number of hydrogen-bond donors (Lipinski definition) is 1. The van der Waals surface area contributed by atoms with Gasteiger partial charge in [-0.1, -0.05) is 68.4 Å². The van der Waals surface area contributed by atoms with E-state index in [0.717, 1.165) is 16.8 Å². The minimum absolute atomic E-state index is 0.0752. The summed E-state index contributed by atoms with van der Waals surface area (Å²) in [6.07, 6.45) is 3.31. The molecule has 0 aliphatic rings. The van der Waals surface area contributed by atoms with Crippen LogP contribution in [0.5, 0.6) is 0 Å². The Hall–Kier alpha value is -3.47. The van der Waals surface area contributed by atoms with Gasteiger partial charge in [0.05, 0.1) is 11.9 Å². The lowest BCUT2D eigenvalue weighted by Gasteiger charge is -2.16. The van der Waals surface area contributed by atoms with E-state index in [-0.39, 0.29) is 11.9 Å². The molecule has 4 aromatic rings. The molecular formula is C24H24N4O. The van der Waals surface area contributed by atoms with Crippen molar-refractivity contribution < 1.29 is 4.79 Å². The van der Waals surface area contributed by atoms with Gasteiger partial charge < -0.3 is 5.32 Å². The van der Waals surface area contributed by atoms with Crippen LogP contribution in [0.15, 0.2) is 73.1 Å². The van der Waals surface area contributed by atoms with Crippen molar-refractivity contribution >= 4 is 11.6 Å². The first kappa shape index (κ1) is 18.9. The largest absolute Gasteiger partial charge is 0.349 e. The minimum Gasteiger partial charge on any atom is -0.349 e. The normalized spacial score (nSPS) is 12.3. The molecule has 5 heteroatoms. The lowest BCUT2D eigenvalue weighted by atomic mass is 10.0. The van der Waals surface area contributed by atoms with Crippen LogP contribution in [0.1, 0.15) is 31.1 Å². The van der Waals surface area contributed by atoms with E-state index in [2.05, 4.69) is 65.6 Å². The van der Waals surface area contributed by atoms with Crippen molar-refractivity contribution in [2.45, 2.75) is 26.8 Å². The first-order chi connectivity index (χ1) is 14.0. The number of carbonyl (C=O) groups is 1. The Bertz CT molecular complexity index is 1130. The number of nitrogens with zero attached hydrogens (tertiary/aromatic N) is 3. The number of hydrogen-bond acceptors (Lipinski definition) is 3. The third-order valence-electron chi connectivity index (χ3n) is 5.29. The van der Waals surface area contributed by atoms with Crippen LogP contribution in [0, 0.1) is 5.92 Å². The van der Waals surface area contributed by atoms with Gasteiger partial charge in [0.1, 0.15) is 5.56 Å². The van der Waals surface area contributed by atoms with Crippen LogP contribution in [0.2, 0.25) is 0 Å². The second kappa shape index (κ2) is 7.87. The number of aromatic nitrogens is 3. The number of nitrogens with one attached hydrogen (secondary N) is 1. The molecule has 1 atom stereocenters. The number of fused-ring (bicyclic) bond motifs is 1. The maximum atomic E-state index is 12.7. The van der Waals surface area contributed by atoms with Gasteiger partial charge in [-0.2, -0.15) is 5.10 Å². The van der Waals surface area contributed by atoms with Crippen molar-refractivity contribution in [3.63, 3.8) is 0 Å². The summed E-state index contributed by atoms with van der Waals surface area (Å²) in [5, 5.41) is 7.47. The Morgan fingerprint density at radius 1 is 0.897 bits per heavy atom. The highest BCUT2D eigenvalue weighted by molar-refractivity contribution is 6.00. The molecule has 2 aromatic heterocycles. The zero-order chi connectivity index (χ0) is 20.4. The van der Waals surface area contributed by atoms with Crippen LogP contribution in [0.4, 0.5) is 0 Å². The van der Waals surface area contributed by atoms with Crippen molar-refractivity contribution in [2.75, 3.05) is 0 Å². The monoisotopic (exact) mass is 384 g/mol. The van der Waals surface area contributed by atoms with E-state index in [1.165, 1.54) is 5.56 Å². The second-order valence-corrected chi connectivity index (χ2v) is 7.57. The molecule has 1 N–H and O–H groups in total. The van der Waals surface area contributed by atoms with Gasteiger partial charge in [-0.3, -0.25) is 4.79 Å². The molecule has 0 bridgehead atoms. The topological polar surface area (TPSA) is 59.3 Å². The quantitative estimate of drug-likeness (QED) is 0.536. The van der Waals surface area contributed by atoms with E-state index in [4.69, 9.17) is 0 Å². The lowest BCUT2D eigenvalue weighted by Crippen LogP contribution is -2.36. The fourth-order valence-electron chi connectivity index (χ4n) is 3.19. The molecule has 0 aliphatic heterocycles. The predicted molar refractivity (Wildman–Crippen MR) is 116 cm³/mol. The fraction of sp³-hybridized carbons (Fsp3) is 0.208. The SMILES string of the molecule is CC(C)[C@H](C)NC(=O)c1cnn2c(-c3ccc(-c4ccccc4)cc3)ccnc12. The summed E-state index contributed by atoms with van der Waals surface area (Å²) in [4.78, 5) is 17.1. The molecule has 2 aromatic carbocycles. The Balaban J connectivity index is 1.67. The number of carbonyl (C=O) groups excluding carboxylic acids is 1. The van der Waals surface area contributed by atoms with E-state index in [1.807, 2.05) is 31.2 Å². The van der Waals surface area contributed by atoms with Crippen molar-refractivity contribution in [3.8, 4) is 22.4 Å². The average molecular weight is 384 g/mol. The average Bonchev–Trinajstić information content (AvgIpc) is 3.19. The summed E-state index contributed by atoms with van der Waals surface area (Å²) in [6, 6.07) is 20.6. The highest BCUT2D eigenvalue weighted by Gasteiger charge is 2.18. The summed E-state index contributed by atoms with van der Waals surface area (Å²) >= 11 is 0. The van der Waals surface area contributed by atoms with Crippen molar-refractivity contribution in [1.29, 1.82) is 0 Å². The standard InChI is InChI=1S/C24H24N4O/c1-16(2)17(3)27-24(29)21-15-26-28-22(13-14-25-23(21)28)20-11-9-19(10-12-20)18-7-5-4-6-8-18/h4-17H,1-3H3,(H,27,29)/t17-/m0/s1. The van der Waals surface area contributed by atoms with Gasteiger partial charge in [0.15, 0.2) is 5.65 Å². The van der Waals surface area contributed by atoms with Gasteiger partial charge >= 0.3 is 0 Å². The van der Waals surface area contributed by atoms with Crippen LogP contribution < -0.4 is 5.32 Å². The van der Waals surface area contributed by atoms with E-state index in [9.17, 15) is 4.79 Å². The van der Waals surface area contributed by atoms with E-state index < -0.39 is 0 Å². The smallest absolute Gasteiger partial charge is 0.256 e. The third kappa shape index (κ3) is 3.76. The maximum Gasteiger partial charge on any atom is 0.256 e. The predicted octanol–water partition coefficient (Wildman–Crippen LogP) is 4.84. The summed E-state index contributed by atoms with van der Waals surface area (Å²) in [7, 11) is 0. The summed E-state index contributed by atoms with van der Waals surface area (Å²) in [5.41, 5.74) is 5.29. The first-order valence-electron chi connectivity index (χ1n) is 9.84. The zero-order valence-electron chi connectivity index (χ0n) is 16.8. The highest BCUT2D eigenvalue weighted by Crippen LogP contribution is 2.25. The van der Waals surface area contributed by atoms with E-state index in [0.29, 0.717) is 17.1 Å². The Kier molecular flexibility index (Phi) is 5.12. The third-order valence-corrected chi connectivity index (χ3v) is 5.29. The first-order valence-corrected chi connectivity index (χ1v) is 9.84. The molecule has 0 spiro atoms. The van der Waals surface area contributed by atoms with Crippen LogP contribution in [-0.4, -0.2) is 26.5 Å². The van der Waals surface area contributed by atoms with E-state index >= 15 is 0 Å². The summed E-state index contributed by atoms with van der Waals surface area (Å²) in [6.45, 7) is 6.16. The molecule has 0 aliphatic carbocycles. The summed E-state index contributed by atoms with van der Waals surface area (Å²) < 4.78 is 1.73. The van der Waals surface area contributed by atoms with Gasteiger partial charge in [-0.05, 0) is 30.0 Å². The number of amides is 1. The molecule has 2 heterocycles. The molecule has 0 saturated carbocycles. The van der Waals surface area contributed by atoms with Gasteiger partial charge in [-0.15, -0.1) is 0 Å². The van der Waals surface area contributed by atoms with Crippen molar-refractivity contribution in [3.05, 3.63) is 78.6 Å². The molecule has 146 valence electrons. The minimum atomic E-state index is -0.148. The zero-order valence-corrected chi connectivity index (χ0v) is 16.8. The Morgan fingerprint density at radius 3 is 2.24 bits per heavy atom. The molecule has 5 nitrogen and oxygen atoms in total. The fourth-order valence-corrected chi connectivity index (χ4v) is 3.19. The maximum absolute atomic E-state index is 12.7. The van der Waals surface area contributed by atoms with Gasteiger partial charge in [0.2, 0.25) is 0 Å². The Morgan fingerprint density at radius 2 is 1.55 bits per heavy atom. The molecule has 0 fully saturated rings. The van der Waals surface area contributed by atoms with Gasteiger partial charge in [0.25, 0.3) is 5.91 Å². The molecule has 1 amide bonds. The summed E-state index contributed by atoms with van der Waals surface area (Å²) in [5.74, 6) is 0.206. The molecular weight excluding hydrogens is 360 g/mol. The molecule has 0 unspecified atom stereocenters. The van der Waals surface area contributed by atoms with E-state index in [1.54, 1.807) is 16.9 Å². The van der Waals surface area contributed by atoms with Gasteiger partial charge in [0, 0.05) is 17.8 Å². The second-order valence-electron chi connectivity index (χ2n) is 7.57. The van der Waals surface area contributed by atoms with Crippen molar-refractivity contribution in [2.24, 2.45) is 5.92 Å². The van der Waals surface area contributed by atoms with Crippen LogP contribution in [-0.2, 0) is 0 Å². The van der Waals surface area contributed by atoms with Crippen LogP contribution >= 0.6 is 0 Å². The lowest BCUT2D eigenvalue weighted by molar-refractivity contribution is 0.0932. The molecule has 0 radical (unpaired) electrons. The molecule has 4 rings (SSSR count). The number of benzene rings is 2. The molecule has 0 saturated heterocycles. The highest BCUT2D eigenvalue weighted by atomic mass is 16.1. The van der Waals surface area contributed by atoms with Gasteiger partial charge in [-0.25, -0.2) is 9.50 Å². The van der Waals surface area contributed by atoms with Crippen LogP contribution in [0.25, 0.3) is 28.0 Å². The molecule has 29 heavy (non-hydrogen) atoms. The number of rotatable bonds is 5. The van der Waals surface area contributed by atoms with Crippen molar-refractivity contribution in [1.82, 2.24) is 19.9 Å². The Labute approximate surface area is 170 Å².